The molecule has 1 aromatic heterocycles. The Kier molecular flexibility index (Phi) is 4.89. The lowest BCUT2D eigenvalue weighted by atomic mass is 10.0. The van der Waals surface area contributed by atoms with Crippen LogP contribution in [0, 0.1) is 17.0 Å². The van der Waals surface area contributed by atoms with E-state index in [1.165, 1.54) is 24.3 Å². The van der Waals surface area contributed by atoms with Gasteiger partial charge in [-0.25, -0.2) is 4.79 Å². The van der Waals surface area contributed by atoms with E-state index in [1.54, 1.807) is 18.2 Å². The van der Waals surface area contributed by atoms with Crippen LogP contribution in [0.5, 0.6) is 0 Å². The van der Waals surface area contributed by atoms with Crippen molar-refractivity contribution in [1.29, 1.82) is 0 Å². The summed E-state index contributed by atoms with van der Waals surface area (Å²) in [5.74, 6) is 0.0230. The molecule has 1 aliphatic rings. The van der Waals surface area contributed by atoms with Gasteiger partial charge in [-0.05, 0) is 49.4 Å². The molecule has 1 amide bonds. The van der Waals surface area contributed by atoms with Crippen LogP contribution in [0.1, 0.15) is 33.0 Å². The van der Waals surface area contributed by atoms with E-state index < -0.39 is 10.9 Å². The number of non-ortho nitro benzene ring substituents is 1. The number of esters is 1. The number of benzene rings is 2. The van der Waals surface area contributed by atoms with Crippen LogP contribution < -0.4 is 5.32 Å². The summed E-state index contributed by atoms with van der Waals surface area (Å²) in [5, 5.41) is 13.5. The molecule has 0 radical (unpaired) electrons. The zero-order valence-electron chi connectivity index (χ0n) is 15.9. The highest BCUT2D eigenvalue weighted by Crippen LogP contribution is 2.34. The quantitative estimate of drug-likeness (QED) is 0.293. The maximum atomic E-state index is 12.3. The topological polar surface area (TPSA) is 112 Å². The van der Waals surface area contributed by atoms with Gasteiger partial charge in [-0.2, -0.15) is 0 Å². The highest BCUT2D eigenvalue weighted by atomic mass is 16.6. The first kappa shape index (κ1) is 19.1. The number of rotatable bonds is 5. The number of carbonyl (C=O) groups is 2. The van der Waals surface area contributed by atoms with Crippen molar-refractivity contribution < 1.29 is 23.7 Å². The maximum Gasteiger partial charge on any atom is 0.338 e. The second-order valence-corrected chi connectivity index (χ2v) is 6.75. The van der Waals surface area contributed by atoms with Crippen LogP contribution in [0.4, 0.5) is 11.4 Å². The van der Waals surface area contributed by atoms with Crippen LogP contribution >= 0.6 is 0 Å². The first-order chi connectivity index (χ1) is 14.4. The number of nitro groups is 1. The van der Waals surface area contributed by atoms with Crippen LogP contribution in [0.15, 0.2) is 59.0 Å². The first-order valence-electron chi connectivity index (χ1n) is 9.05. The Balaban J connectivity index is 1.44. The predicted molar refractivity (Wildman–Crippen MR) is 109 cm³/mol. The van der Waals surface area contributed by atoms with E-state index in [1.807, 2.05) is 25.1 Å². The van der Waals surface area contributed by atoms with Gasteiger partial charge in [-0.3, -0.25) is 14.9 Å². The van der Waals surface area contributed by atoms with Gasteiger partial charge in [0.2, 0.25) is 0 Å². The number of hydrogen-bond donors (Lipinski definition) is 1. The van der Waals surface area contributed by atoms with Gasteiger partial charge >= 0.3 is 5.97 Å². The first-order valence-corrected chi connectivity index (χ1v) is 9.05. The summed E-state index contributed by atoms with van der Waals surface area (Å²) in [6.45, 7) is 1.84. The molecule has 0 bridgehead atoms. The Bertz CT molecular complexity index is 1190. The van der Waals surface area contributed by atoms with Crippen molar-refractivity contribution in [2.45, 2.75) is 13.5 Å². The van der Waals surface area contributed by atoms with Crippen LogP contribution in [-0.2, 0) is 16.1 Å². The molecule has 8 nitrogen and oxygen atoms in total. The van der Waals surface area contributed by atoms with Gasteiger partial charge in [0.05, 0.1) is 16.1 Å². The minimum absolute atomic E-state index is 0.108. The van der Waals surface area contributed by atoms with Crippen LogP contribution in [-0.4, -0.2) is 16.8 Å². The predicted octanol–water partition coefficient (Wildman–Crippen LogP) is 4.35. The van der Waals surface area contributed by atoms with Gasteiger partial charge in [0.15, 0.2) is 0 Å². The Hall–Kier alpha value is -4.20. The summed E-state index contributed by atoms with van der Waals surface area (Å²) in [5.41, 5.74) is 3.18. The number of amides is 1. The van der Waals surface area contributed by atoms with Crippen molar-refractivity contribution >= 4 is 34.9 Å². The average Bonchev–Trinajstić information content (AvgIpc) is 3.31. The molecule has 0 aliphatic carbocycles. The number of anilines is 1. The molecule has 2 heterocycles. The molecule has 0 atom stereocenters. The second-order valence-electron chi connectivity index (χ2n) is 6.75. The lowest BCUT2D eigenvalue weighted by Gasteiger charge is -2.02. The van der Waals surface area contributed by atoms with E-state index in [-0.39, 0.29) is 23.8 Å². The van der Waals surface area contributed by atoms with Crippen molar-refractivity contribution in [3.8, 4) is 0 Å². The molecule has 3 aromatic rings. The number of aryl methyl sites for hydroxylation is 1. The number of ether oxygens (including phenoxy) is 1. The Labute approximate surface area is 170 Å². The van der Waals surface area contributed by atoms with Gasteiger partial charge in [0.1, 0.15) is 18.1 Å². The molecule has 150 valence electrons. The number of furan rings is 1. The number of hydrogen-bond acceptors (Lipinski definition) is 6. The number of nitro benzene ring substituents is 1. The van der Waals surface area contributed by atoms with Crippen molar-refractivity contribution in [2.24, 2.45) is 0 Å². The molecule has 2 aromatic carbocycles. The van der Waals surface area contributed by atoms with Crippen molar-refractivity contribution in [1.82, 2.24) is 0 Å². The fraction of sp³-hybridized carbons (Fsp3) is 0.0909. The van der Waals surface area contributed by atoms with Crippen molar-refractivity contribution in [3.63, 3.8) is 0 Å². The zero-order chi connectivity index (χ0) is 21.3. The van der Waals surface area contributed by atoms with Gasteiger partial charge in [0.25, 0.3) is 11.6 Å². The largest absolute Gasteiger partial charge is 0.458 e. The van der Waals surface area contributed by atoms with E-state index >= 15 is 0 Å². The van der Waals surface area contributed by atoms with Gasteiger partial charge in [-0.15, -0.1) is 0 Å². The molecular weight excluding hydrogens is 388 g/mol. The lowest BCUT2D eigenvalue weighted by Crippen LogP contribution is -2.04. The van der Waals surface area contributed by atoms with Crippen LogP contribution in [0.2, 0.25) is 0 Å². The fourth-order valence-corrected chi connectivity index (χ4v) is 3.08. The standard InChI is InChI=1S/C22H16N2O6/c1-13-2-9-20-18(10-13)19(21(25)23-20)11-16-7-8-17(30-16)12-29-22(26)14-3-5-15(6-4-14)24(27)28/h2-11H,12H2,1H3,(H,23,25)/b19-11-. The van der Waals surface area contributed by atoms with Crippen LogP contribution in [0.25, 0.3) is 11.6 Å². The number of carbonyl (C=O) groups excluding carboxylic acids is 2. The number of nitrogens with zero attached hydrogens (tertiary/aromatic N) is 1. The number of fused-ring (bicyclic) bond motifs is 1. The molecule has 0 unspecified atom stereocenters. The van der Waals surface area contributed by atoms with Gasteiger partial charge in [-0.1, -0.05) is 11.6 Å². The molecule has 4 rings (SSSR count). The molecule has 30 heavy (non-hydrogen) atoms. The Morgan fingerprint density at radius 1 is 1.17 bits per heavy atom. The highest BCUT2D eigenvalue weighted by Gasteiger charge is 2.24. The minimum atomic E-state index is -0.624. The summed E-state index contributed by atoms with van der Waals surface area (Å²) >= 11 is 0. The van der Waals surface area contributed by atoms with Gasteiger partial charge in [0, 0.05) is 23.4 Å². The van der Waals surface area contributed by atoms with E-state index in [4.69, 9.17) is 9.15 Å². The maximum absolute atomic E-state index is 12.3. The lowest BCUT2D eigenvalue weighted by molar-refractivity contribution is -0.384. The summed E-state index contributed by atoms with van der Waals surface area (Å²) in [7, 11) is 0. The van der Waals surface area contributed by atoms with E-state index in [2.05, 4.69) is 5.32 Å². The third-order valence-electron chi connectivity index (χ3n) is 4.59. The van der Waals surface area contributed by atoms with Crippen molar-refractivity contribution in [2.75, 3.05) is 5.32 Å². The minimum Gasteiger partial charge on any atom is -0.458 e. The Morgan fingerprint density at radius 3 is 2.67 bits per heavy atom. The summed E-state index contributed by atoms with van der Waals surface area (Å²) in [6.07, 6.45) is 1.64. The summed E-state index contributed by atoms with van der Waals surface area (Å²) < 4.78 is 10.8. The van der Waals surface area contributed by atoms with Gasteiger partial charge < -0.3 is 14.5 Å². The second kappa shape index (κ2) is 7.67. The summed E-state index contributed by atoms with van der Waals surface area (Å²) in [4.78, 5) is 34.5. The van der Waals surface area contributed by atoms with Crippen LogP contribution in [0.3, 0.4) is 0 Å². The normalized spacial score (nSPS) is 13.8. The molecule has 8 heteroatoms. The molecule has 0 saturated heterocycles. The molecule has 1 aliphatic heterocycles. The fourth-order valence-electron chi connectivity index (χ4n) is 3.08. The molecule has 0 spiro atoms. The zero-order valence-corrected chi connectivity index (χ0v) is 15.9. The molecular formula is C22H16N2O6. The average molecular weight is 404 g/mol. The number of nitrogens with one attached hydrogen (secondary N) is 1. The smallest absolute Gasteiger partial charge is 0.338 e. The van der Waals surface area contributed by atoms with E-state index in [0.29, 0.717) is 17.1 Å². The molecule has 0 saturated carbocycles. The highest BCUT2D eigenvalue weighted by molar-refractivity contribution is 6.34. The van der Waals surface area contributed by atoms with Crippen molar-refractivity contribution in [3.05, 3.63) is 92.9 Å². The van der Waals surface area contributed by atoms with E-state index in [0.717, 1.165) is 16.8 Å². The third kappa shape index (κ3) is 3.83. The Morgan fingerprint density at radius 2 is 1.93 bits per heavy atom. The monoisotopic (exact) mass is 404 g/mol. The third-order valence-corrected chi connectivity index (χ3v) is 4.59. The molecule has 0 fully saturated rings. The molecule has 1 N–H and O–H groups in total. The SMILES string of the molecule is Cc1ccc2c(c1)/C(=C/c1ccc(COC(=O)c3ccc([N+](=O)[O-])cc3)o1)C(=O)N2. The summed E-state index contributed by atoms with van der Waals surface area (Å²) in [6, 6.07) is 14.2. The van der Waals surface area contributed by atoms with E-state index in [9.17, 15) is 19.7 Å².